The predicted molar refractivity (Wildman–Crippen MR) is 52.7 cm³/mol. The number of benzene rings is 1. The molecule has 0 saturated carbocycles. The Kier molecular flexibility index (Phi) is 3.85. The van der Waals surface area contributed by atoms with Gasteiger partial charge in [-0.15, -0.1) is 0 Å². The molecule has 0 radical (unpaired) electrons. The van der Waals surface area contributed by atoms with Crippen molar-refractivity contribution in [3.8, 4) is 5.75 Å². The Morgan fingerprint density at radius 2 is 2.29 bits per heavy atom. The summed E-state index contributed by atoms with van der Waals surface area (Å²) < 4.78 is 17.9. The summed E-state index contributed by atoms with van der Waals surface area (Å²) in [7, 11) is 1.52. The van der Waals surface area contributed by atoms with Gasteiger partial charge in [-0.25, -0.2) is 4.39 Å². The molecule has 0 unspecified atom stereocenters. The first-order chi connectivity index (χ1) is 6.77. The molecule has 0 aliphatic heterocycles. The molecule has 0 amide bonds. The van der Waals surface area contributed by atoms with E-state index in [0.717, 1.165) is 6.29 Å². The average molecular weight is 194 g/mol. The van der Waals surface area contributed by atoms with Crippen molar-refractivity contribution in [2.45, 2.75) is 6.42 Å². The number of methoxy groups -OCH3 is 1. The second-order valence-electron chi connectivity index (χ2n) is 2.69. The molecule has 74 valence electrons. The molecule has 1 rings (SSSR count). The Bertz CT molecular complexity index is 345. The van der Waals surface area contributed by atoms with E-state index in [9.17, 15) is 9.18 Å². The van der Waals surface area contributed by atoms with Crippen LogP contribution in [0.25, 0.3) is 6.08 Å². The van der Waals surface area contributed by atoms with Crippen LogP contribution in [0.15, 0.2) is 24.3 Å². The smallest absolute Gasteiger partial charge is 0.126 e. The third-order valence-electron chi connectivity index (χ3n) is 1.72. The number of halogens is 1. The lowest BCUT2D eigenvalue weighted by atomic mass is 10.1. The fourth-order valence-corrected chi connectivity index (χ4v) is 1.09. The normalized spacial score (nSPS) is 10.4. The summed E-state index contributed by atoms with van der Waals surface area (Å²) in [5.41, 5.74) is 0.634. The first-order valence-electron chi connectivity index (χ1n) is 4.21. The average Bonchev–Trinajstić information content (AvgIpc) is 2.19. The molecular formula is C11H11FO2. The van der Waals surface area contributed by atoms with Gasteiger partial charge in [-0.05, 0) is 18.2 Å². The van der Waals surface area contributed by atoms with E-state index in [-0.39, 0.29) is 5.82 Å². The minimum absolute atomic E-state index is 0.319. The van der Waals surface area contributed by atoms with Gasteiger partial charge in [-0.1, -0.05) is 12.2 Å². The lowest BCUT2D eigenvalue weighted by molar-refractivity contribution is -0.107. The lowest BCUT2D eigenvalue weighted by Crippen LogP contribution is -1.87. The Balaban J connectivity index is 2.92. The van der Waals surface area contributed by atoms with Crippen molar-refractivity contribution in [1.29, 1.82) is 0 Å². The van der Waals surface area contributed by atoms with E-state index < -0.39 is 0 Å². The fraction of sp³-hybridized carbons (Fsp3) is 0.182. The van der Waals surface area contributed by atoms with Crippen molar-refractivity contribution >= 4 is 12.4 Å². The van der Waals surface area contributed by atoms with Gasteiger partial charge in [-0.3, -0.25) is 0 Å². The van der Waals surface area contributed by atoms with Gasteiger partial charge in [0.15, 0.2) is 0 Å². The number of aldehydes is 1. The summed E-state index contributed by atoms with van der Waals surface area (Å²) in [6.45, 7) is 0. The molecular weight excluding hydrogens is 183 g/mol. The molecule has 2 nitrogen and oxygen atoms in total. The summed E-state index contributed by atoms with van der Waals surface area (Å²) in [4.78, 5) is 10.1. The standard InChI is InChI=1S/C11H11FO2/c1-14-11-6-5-10(12)8-9(11)4-2-3-7-13/h2,4-8H,3H2,1H3. The molecule has 0 bridgehead atoms. The van der Waals surface area contributed by atoms with E-state index >= 15 is 0 Å². The van der Waals surface area contributed by atoms with Gasteiger partial charge in [0.25, 0.3) is 0 Å². The monoisotopic (exact) mass is 194 g/mol. The van der Waals surface area contributed by atoms with Crippen molar-refractivity contribution in [1.82, 2.24) is 0 Å². The van der Waals surface area contributed by atoms with Crippen molar-refractivity contribution in [2.75, 3.05) is 7.11 Å². The Hall–Kier alpha value is -1.64. The van der Waals surface area contributed by atoms with Crippen molar-refractivity contribution in [2.24, 2.45) is 0 Å². The van der Waals surface area contributed by atoms with Crippen LogP contribution in [0.2, 0.25) is 0 Å². The number of allylic oxidation sites excluding steroid dienone is 1. The molecule has 0 fully saturated rings. The minimum atomic E-state index is -0.323. The van der Waals surface area contributed by atoms with E-state index in [0.29, 0.717) is 17.7 Å². The highest BCUT2D eigenvalue weighted by molar-refractivity contribution is 5.61. The Labute approximate surface area is 82.0 Å². The van der Waals surface area contributed by atoms with Gasteiger partial charge >= 0.3 is 0 Å². The van der Waals surface area contributed by atoms with Crippen LogP contribution in [0.3, 0.4) is 0 Å². The van der Waals surface area contributed by atoms with Crippen LogP contribution >= 0.6 is 0 Å². The molecule has 0 N–H and O–H groups in total. The van der Waals surface area contributed by atoms with E-state index in [2.05, 4.69) is 0 Å². The van der Waals surface area contributed by atoms with Crippen molar-refractivity contribution in [3.05, 3.63) is 35.7 Å². The number of carbonyl (C=O) groups is 1. The first-order valence-corrected chi connectivity index (χ1v) is 4.21. The third kappa shape index (κ3) is 2.69. The van der Waals surface area contributed by atoms with Crippen LogP contribution in [0.5, 0.6) is 5.75 Å². The van der Waals surface area contributed by atoms with E-state index in [4.69, 9.17) is 4.74 Å². The molecule has 3 heteroatoms. The second kappa shape index (κ2) is 5.17. The third-order valence-corrected chi connectivity index (χ3v) is 1.72. The fourth-order valence-electron chi connectivity index (χ4n) is 1.09. The van der Waals surface area contributed by atoms with Gasteiger partial charge in [0.2, 0.25) is 0 Å². The highest BCUT2D eigenvalue weighted by Gasteiger charge is 2.00. The maximum absolute atomic E-state index is 12.8. The number of hydrogen-bond donors (Lipinski definition) is 0. The highest BCUT2D eigenvalue weighted by atomic mass is 19.1. The van der Waals surface area contributed by atoms with Crippen molar-refractivity contribution < 1.29 is 13.9 Å². The molecule has 14 heavy (non-hydrogen) atoms. The molecule has 0 aliphatic carbocycles. The molecule has 0 atom stereocenters. The molecule has 0 heterocycles. The zero-order valence-corrected chi connectivity index (χ0v) is 7.87. The van der Waals surface area contributed by atoms with Gasteiger partial charge in [0.1, 0.15) is 17.9 Å². The van der Waals surface area contributed by atoms with Gasteiger partial charge in [0, 0.05) is 12.0 Å². The van der Waals surface area contributed by atoms with Crippen LogP contribution in [0.4, 0.5) is 4.39 Å². The van der Waals surface area contributed by atoms with E-state index in [1.807, 2.05) is 0 Å². The summed E-state index contributed by atoms with van der Waals surface area (Å²) in [6, 6.07) is 4.24. The predicted octanol–water partition coefficient (Wildman–Crippen LogP) is 2.44. The molecule has 0 aliphatic rings. The number of ether oxygens (including phenoxy) is 1. The van der Waals surface area contributed by atoms with Crippen molar-refractivity contribution in [3.63, 3.8) is 0 Å². The van der Waals surface area contributed by atoms with Crippen LogP contribution < -0.4 is 4.74 Å². The zero-order chi connectivity index (χ0) is 10.4. The zero-order valence-electron chi connectivity index (χ0n) is 7.87. The highest BCUT2D eigenvalue weighted by Crippen LogP contribution is 2.20. The maximum Gasteiger partial charge on any atom is 0.126 e. The molecule has 0 spiro atoms. The van der Waals surface area contributed by atoms with Crippen LogP contribution in [0.1, 0.15) is 12.0 Å². The SMILES string of the molecule is COc1ccc(F)cc1C=CCC=O. The lowest BCUT2D eigenvalue weighted by Gasteiger charge is -2.03. The second-order valence-corrected chi connectivity index (χ2v) is 2.69. The summed E-state index contributed by atoms with van der Waals surface area (Å²) >= 11 is 0. The van der Waals surface area contributed by atoms with Crippen LogP contribution in [-0.2, 0) is 4.79 Å². The number of carbonyl (C=O) groups excluding carboxylic acids is 1. The summed E-state index contributed by atoms with van der Waals surface area (Å²) in [5, 5.41) is 0. The number of hydrogen-bond acceptors (Lipinski definition) is 2. The largest absolute Gasteiger partial charge is 0.496 e. The van der Waals surface area contributed by atoms with Gasteiger partial charge < -0.3 is 9.53 Å². The maximum atomic E-state index is 12.8. The quantitative estimate of drug-likeness (QED) is 0.688. The Morgan fingerprint density at radius 1 is 1.50 bits per heavy atom. The molecule has 0 saturated heterocycles. The van der Waals surface area contributed by atoms with Gasteiger partial charge in [0.05, 0.1) is 7.11 Å². The minimum Gasteiger partial charge on any atom is -0.496 e. The van der Waals surface area contributed by atoms with E-state index in [1.54, 1.807) is 18.2 Å². The summed E-state index contributed by atoms with van der Waals surface area (Å²) in [5.74, 6) is 0.269. The molecule has 1 aromatic carbocycles. The Morgan fingerprint density at radius 3 is 2.93 bits per heavy atom. The van der Waals surface area contributed by atoms with Crippen LogP contribution in [-0.4, -0.2) is 13.4 Å². The molecule has 0 aromatic heterocycles. The number of rotatable bonds is 4. The summed E-state index contributed by atoms with van der Waals surface area (Å²) in [6.07, 6.45) is 4.42. The van der Waals surface area contributed by atoms with E-state index in [1.165, 1.54) is 19.2 Å². The van der Waals surface area contributed by atoms with Crippen LogP contribution in [0, 0.1) is 5.82 Å². The van der Waals surface area contributed by atoms with Gasteiger partial charge in [-0.2, -0.15) is 0 Å². The molecule has 1 aromatic rings. The first kappa shape index (κ1) is 10.4. The topological polar surface area (TPSA) is 26.3 Å².